The fraction of sp³-hybridized carbons (Fsp3) is 0.0588. The Hall–Kier alpha value is -2.46. The molecule has 0 fully saturated rings. The Bertz CT molecular complexity index is 770. The summed E-state index contributed by atoms with van der Waals surface area (Å²) in [6.45, 7) is 1.86. The molecule has 0 spiro atoms. The van der Waals surface area contributed by atoms with E-state index in [0.29, 0.717) is 10.6 Å². The highest BCUT2D eigenvalue weighted by molar-refractivity contribution is 7.17. The zero-order valence-corrected chi connectivity index (χ0v) is 12.3. The molecule has 3 rings (SSSR count). The summed E-state index contributed by atoms with van der Waals surface area (Å²) < 4.78 is 5.17. The zero-order chi connectivity index (χ0) is 14.7. The Labute approximate surface area is 126 Å². The van der Waals surface area contributed by atoms with Gasteiger partial charge in [-0.25, -0.2) is 4.98 Å². The Kier molecular flexibility index (Phi) is 3.79. The minimum absolute atomic E-state index is 0.0522. The molecule has 104 valence electrons. The number of furan rings is 1. The first-order chi connectivity index (χ1) is 10.2. The van der Waals surface area contributed by atoms with Crippen molar-refractivity contribution in [3.05, 3.63) is 71.1 Å². The van der Waals surface area contributed by atoms with Crippen LogP contribution in [0.3, 0.4) is 0 Å². The number of aromatic nitrogens is 1. The number of hydrogen-bond acceptors (Lipinski definition) is 4. The number of carbonyl (C=O) groups is 1. The van der Waals surface area contributed by atoms with Crippen molar-refractivity contribution in [1.82, 2.24) is 4.98 Å². The van der Waals surface area contributed by atoms with Crippen LogP contribution in [0.25, 0.3) is 16.6 Å². The lowest BCUT2D eigenvalue weighted by molar-refractivity contribution is 0.105. The molecular weight excluding hydrogens is 282 g/mol. The Balaban J connectivity index is 1.86. The first kappa shape index (κ1) is 13.5. The van der Waals surface area contributed by atoms with Gasteiger partial charge in [0.25, 0.3) is 0 Å². The van der Waals surface area contributed by atoms with Gasteiger partial charge in [-0.15, -0.1) is 11.3 Å². The lowest BCUT2D eigenvalue weighted by Gasteiger charge is -1.92. The fourth-order valence-corrected chi connectivity index (χ4v) is 2.94. The quantitative estimate of drug-likeness (QED) is 0.521. The molecular formula is C17H13NO2S. The lowest BCUT2D eigenvalue weighted by Crippen LogP contribution is -1.92. The van der Waals surface area contributed by atoms with Crippen LogP contribution in [0.15, 0.2) is 59.2 Å². The van der Waals surface area contributed by atoms with E-state index >= 15 is 0 Å². The van der Waals surface area contributed by atoms with Gasteiger partial charge in [-0.1, -0.05) is 30.3 Å². The summed E-state index contributed by atoms with van der Waals surface area (Å²) in [5, 5.41) is 0.864. The molecule has 0 aliphatic carbocycles. The number of rotatable bonds is 4. The summed E-state index contributed by atoms with van der Waals surface area (Å²) in [6.07, 6.45) is 4.77. The third kappa shape index (κ3) is 3.01. The van der Waals surface area contributed by atoms with Crippen LogP contribution in [-0.2, 0) is 0 Å². The molecule has 0 N–H and O–H groups in total. The molecule has 0 amide bonds. The van der Waals surface area contributed by atoms with Crippen LogP contribution in [0, 0.1) is 6.92 Å². The van der Waals surface area contributed by atoms with Crippen molar-refractivity contribution in [1.29, 1.82) is 0 Å². The summed E-state index contributed by atoms with van der Waals surface area (Å²) in [4.78, 5) is 17.4. The second kappa shape index (κ2) is 5.89. The lowest BCUT2D eigenvalue weighted by atomic mass is 10.2. The van der Waals surface area contributed by atoms with Gasteiger partial charge in [0, 0.05) is 5.56 Å². The summed E-state index contributed by atoms with van der Waals surface area (Å²) in [5.74, 6) is 0.609. The molecule has 3 nitrogen and oxygen atoms in total. The van der Waals surface area contributed by atoms with Crippen LogP contribution in [0.2, 0.25) is 0 Å². The maximum absolute atomic E-state index is 12.2. The number of ketones is 1. The van der Waals surface area contributed by atoms with E-state index in [1.807, 2.05) is 37.3 Å². The SMILES string of the molecule is Cc1nc(-c2ccccc2)sc1C(=O)/C=C/c1ccco1. The van der Waals surface area contributed by atoms with Crippen LogP contribution in [0.5, 0.6) is 0 Å². The standard InChI is InChI=1S/C17H13NO2S/c1-12-16(15(19)10-9-14-8-5-11-20-14)21-17(18-12)13-6-3-2-4-7-13/h2-11H,1H3/b10-9+. The number of benzene rings is 1. The molecule has 0 bridgehead atoms. The number of thiazole rings is 1. The van der Waals surface area contributed by atoms with Crippen molar-refractivity contribution in [3.63, 3.8) is 0 Å². The number of nitrogens with zero attached hydrogens (tertiary/aromatic N) is 1. The summed E-state index contributed by atoms with van der Waals surface area (Å²) in [7, 11) is 0. The van der Waals surface area contributed by atoms with Crippen molar-refractivity contribution in [2.45, 2.75) is 6.92 Å². The predicted octanol–water partition coefficient (Wildman–Crippen LogP) is 4.61. The van der Waals surface area contributed by atoms with Gasteiger partial charge in [-0.2, -0.15) is 0 Å². The minimum Gasteiger partial charge on any atom is -0.465 e. The zero-order valence-electron chi connectivity index (χ0n) is 11.4. The van der Waals surface area contributed by atoms with Crippen LogP contribution in [0.1, 0.15) is 21.1 Å². The second-order valence-corrected chi connectivity index (χ2v) is 5.51. The highest BCUT2D eigenvalue weighted by Crippen LogP contribution is 2.28. The van der Waals surface area contributed by atoms with Crippen LogP contribution < -0.4 is 0 Å². The fourth-order valence-electron chi connectivity index (χ4n) is 1.95. The van der Waals surface area contributed by atoms with Gasteiger partial charge in [0.15, 0.2) is 5.78 Å². The van der Waals surface area contributed by atoms with Crippen molar-refractivity contribution in [2.75, 3.05) is 0 Å². The normalized spacial score (nSPS) is 11.1. The molecule has 3 aromatic rings. The molecule has 21 heavy (non-hydrogen) atoms. The third-order valence-corrected chi connectivity index (χ3v) is 4.20. The van der Waals surface area contributed by atoms with Gasteiger partial charge >= 0.3 is 0 Å². The van der Waals surface area contributed by atoms with Crippen LogP contribution in [0.4, 0.5) is 0 Å². The molecule has 1 aromatic carbocycles. The molecule has 0 radical (unpaired) electrons. The minimum atomic E-state index is -0.0522. The van der Waals surface area contributed by atoms with Gasteiger partial charge in [-0.05, 0) is 31.2 Å². The van der Waals surface area contributed by atoms with E-state index in [0.717, 1.165) is 16.3 Å². The van der Waals surface area contributed by atoms with Crippen LogP contribution in [-0.4, -0.2) is 10.8 Å². The van der Waals surface area contributed by atoms with E-state index in [-0.39, 0.29) is 5.78 Å². The smallest absolute Gasteiger partial charge is 0.197 e. The highest BCUT2D eigenvalue weighted by atomic mass is 32.1. The maximum atomic E-state index is 12.2. The van der Waals surface area contributed by atoms with Gasteiger partial charge in [0.2, 0.25) is 0 Å². The van der Waals surface area contributed by atoms with E-state index in [1.165, 1.54) is 17.4 Å². The molecule has 2 heterocycles. The van der Waals surface area contributed by atoms with Gasteiger partial charge in [0.05, 0.1) is 16.8 Å². The summed E-state index contributed by atoms with van der Waals surface area (Å²) in [6, 6.07) is 13.5. The van der Waals surface area contributed by atoms with Gasteiger partial charge in [0.1, 0.15) is 10.8 Å². The number of allylic oxidation sites excluding steroid dienone is 1. The predicted molar refractivity (Wildman–Crippen MR) is 84.4 cm³/mol. The molecule has 4 heteroatoms. The van der Waals surface area contributed by atoms with E-state index in [4.69, 9.17) is 4.42 Å². The molecule has 0 saturated heterocycles. The third-order valence-electron chi connectivity index (χ3n) is 2.98. The Morgan fingerprint density at radius 3 is 2.71 bits per heavy atom. The molecule has 0 saturated carbocycles. The molecule has 0 aliphatic heterocycles. The average Bonchev–Trinajstić information content (AvgIpc) is 3.15. The van der Waals surface area contributed by atoms with Crippen LogP contribution >= 0.6 is 11.3 Å². The van der Waals surface area contributed by atoms with Crippen molar-refractivity contribution in [2.24, 2.45) is 0 Å². The first-order valence-corrected chi connectivity index (χ1v) is 7.34. The molecule has 0 unspecified atom stereocenters. The van der Waals surface area contributed by atoms with E-state index in [2.05, 4.69) is 4.98 Å². The van der Waals surface area contributed by atoms with Crippen molar-refractivity contribution >= 4 is 23.2 Å². The van der Waals surface area contributed by atoms with E-state index in [1.54, 1.807) is 24.5 Å². The first-order valence-electron chi connectivity index (χ1n) is 6.53. The Morgan fingerprint density at radius 2 is 2.00 bits per heavy atom. The maximum Gasteiger partial charge on any atom is 0.197 e. The van der Waals surface area contributed by atoms with Gasteiger partial charge < -0.3 is 4.42 Å². The van der Waals surface area contributed by atoms with Gasteiger partial charge in [-0.3, -0.25) is 4.79 Å². The average molecular weight is 295 g/mol. The number of carbonyl (C=O) groups excluding carboxylic acids is 1. The topological polar surface area (TPSA) is 43.1 Å². The number of hydrogen-bond donors (Lipinski definition) is 0. The van der Waals surface area contributed by atoms with E-state index < -0.39 is 0 Å². The summed E-state index contributed by atoms with van der Waals surface area (Å²) in [5.41, 5.74) is 1.78. The summed E-state index contributed by atoms with van der Waals surface area (Å²) >= 11 is 1.42. The molecule has 2 aromatic heterocycles. The molecule has 0 aliphatic rings. The van der Waals surface area contributed by atoms with Crippen molar-refractivity contribution < 1.29 is 9.21 Å². The molecule has 0 atom stereocenters. The number of aryl methyl sites for hydroxylation is 1. The van der Waals surface area contributed by atoms with E-state index in [9.17, 15) is 4.79 Å². The largest absolute Gasteiger partial charge is 0.465 e. The second-order valence-electron chi connectivity index (χ2n) is 4.51. The highest BCUT2D eigenvalue weighted by Gasteiger charge is 2.14. The van der Waals surface area contributed by atoms with Crippen molar-refractivity contribution in [3.8, 4) is 10.6 Å². The monoisotopic (exact) mass is 295 g/mol. The Morgan fingerprint density at radius 1 is 1.19 bits per heavy atom.